The third-order valence-electron chi connectivity index (χ3n) is 4.28. The molecule has 0 aliphatic heterocycles. The lowest BCUT2D eigenvalue weighted by atomic mass is 9.94. The molecule has 0 aliphatic carbocycles. The Morgan fingerprint density at radius 2 is 1.67 bits per heavy atom. The van der Waals surface area contributed by atoms with E-state index in [-0.39, 0.29) is 16.7 Å². The molecule has 0 radical (unpaired) electrons. The van der Waals surface area contributed by atoms with Crippen LogP contribution in [0.3, 0.4) is 0 Å². The highest BCUT2D eigenvalue weighted by Crippen LogP contribution is 2.32. The maximum Gasteiger partial charge on any atom is 0.230 e. The monoisotopic (exact) mass is 372 g/mol. The van der Waals surface area contributed by atoms with Gasteiger partial charge in [0, 0.05) is 5.39 Å². The number of rotatable bonds is 4. The normalized spacial score (nSPS) is 10.7. The van der Waals surface area contributed by atoms with Gasteiger partial charge in [-0.05, 0) is 41.5 Å². The Labute approximate surface area is 161 Å². The summed E-state index contributed by atoms with van der Waals surface area (Å²) in [5, 5.41) is 3.89. The first-order chi connectivity index (χ1) is 13.1. The van der Waals surface area contributed by atoms with Gasteiger partial charge in [0.25, 0.3) is 0 Å². The van der Waals surface area contributed by atoms with Gasteiger partial charge in [-0.15, -0.1) is 0 Å². The number of ketones is 1. The number of hydrogen-bond donors (Lipinski definition) is 2. The topological polar surface area (TPSA) is 68.3 Å². The van der Waals surface area contributed by atoms with E-state index in [4.69, 9.17) is 22.4 Å². The number of furan rings is 1. The van der Waals surface area contributed by atoms with E-state index >= 15 is 0 Å². The Balaban J connectivity index is 1.90. The molecule has 0 unspecified atom stereocenters. The number of carbonyl (C=O) groups excluding carboxylic acids is 1. The smallest absolute Gasteiger partial charge is 0.230 e. The second-order valence-electron chi connectivity index (χ2n) is 6.06. The van der Waals surface area contributed by atoms with Crippen molar-refractivity contribution in [2.75, 3.05) is 5.32 Å². The highest BCUT2D eigenvalue weighted by Gasteiger charge is 2.22. The minimum Gasteiger partial charge on any atom is -0.453 e. The van der Waals surface area contributed by atoms with E-state index in [0.29, 0.717) is 16.8 Å². The molecule has 0 fully saturated rings. The van der Waals surface area contributed by atoms with Gasteiger partial charge < -0.3 is 15.5 Å². The van der Waals surface area contributed by atoms with Crippen molar-refractivity contribution in [1.29, 1.82) is 0 Å². The van der Waals surface area contributed by atoms with Gasteiger partial charge in [-0.25, -0.2) is 0 Å². The molecular weight excluding hydrogens is 356 g/mol. The lowest BCUT2D eigenvalue weighted by molar-refractivity contribution is 0.101. The van der Waals surface area contributed by atoms with E-state index in [1.807, 2.05) is 66.7 Å². The van der Waals surface area contributed by atoms with E-state index in [0.717, 1.165) is 16.5 Å². The Kier molecular flexibility index (Phi) is 4.44. The summed E-state index contributed by atoms with van der Waals surface area (Å²) >= 11 is 4.98. The Hall–Kier alpha value is -3.44. The lowest BCUT2D eigenvalue weighted by Gasteiger charge is -2.14. The molecule has 27 heavy (non-hydrogen) atoms. The summed E-state index contributed by atoms with van der Waals surface area (Å²) in [6, 6.07) is 24.5. The quantitative estimate of drug-likeness (QED) is 0.390. The Morgan fingerprint density at radius 1 is 0.926 bits per heavy atom. The summed E-state index contributed by atoms with van der Waals surface area (Å²) in [6.07, 6.45) is 0. The molecule has 0 bridgehead atoms. The number of anilines is 1. The van der Waals surface area contributed by atoms with Crippen LogP contribution in [0.1, 0.15) is 16.1 Å². The molecule has 0 spiro atoms. The third-order valence-corrected chi connectivity index (χ3v) is 4.39. The number of thiocarbonyl (C=S) groups is 1. The van der Waals surface area contributed by atoms with Crippen LogP contribution in [0.15, 0.2) is 83.3 Å². The van der Waals surface area contributed by atoms with Crippen molar-refractivity contribution in [3.05, 3.63) is 90.2 Å². The summed E-state index contributed by atoms with van der Waals surface area (Å²) in [4.78, 5) is 13.4. The van der Waals surface area contributed by atoms with Crippen LogP contribution < -0.4 is 11.1 Å². The van der Waals surface area contributed by atoms with Gasteiger partial charge in [-0.2, -0.15) is 0 Å². The van der Waals surface area contributed by atoms with Gasteiger partial charge >= 0.3 is 0 Å². The molecule has 0 saturated carbocycles. The zero-order valence-corrected chi connectivity index (χ0v) is 15.1. The molecule has 1 aromatic heterocycles. The molecule has 0 atom stereocenters. The molecule has 4 nitrogen and oxygen atoms in total. The predicted octanol–water partition coefficient (Wildman–Crippen LogP) is 4.99. The Bertz CT molecular complexity index is 1120. The summed E-state index contributed by atoms with van der Waals surface area (Å²) in [7, 11) is 0. The zero-order chi connectivity index (χ0) is 18.8. The average Bonchev–Trinajstić information content (AvgIpc) is 3.12. The van der Waals surface area contributed by atoms with Gasteiger partial charge in [0.15, 0.2) is 10.9 Å². The van der Waals surface area contributed by atoms with Crippen LogP contribution in [0, 0.1) is 0 Å². The largest absolute Gasteiger partial charge is 0.453 e. The molecule has 3 aromatic carbocycles. The minimum atomic E-state index is -0.232. The van der Waals surface area contributed by atoms with Crippen molar-refractivity contribution in [2.24, 2.45) is 5.73 Å². The fraction of sp³-hybridized carbons (Fsp3) is 0. The second-order valence-corrected chi connectivity index (χ2v) is 6.50. The molecule has 0 saturated heterocycles. The molecule has 3 N–H and O–H groups in total. The molecule has 4 aromatic rings. The van der Waals surface area contributed by atoms with Gasteiger partial charge in [-0.3, -0.25) is 4.79 Å². The summed E-state index contributed by atoms with van der Waals surface area (Å²) in [5.41, 5.74) is 9.05. The van der Waals surface area contributed by atoms with Crippen molar-refractivity contribution >= 4 is 39.8 Å². The van der Waals surface area contributed by atoms with Gasteiger partial charge in [0.05, 0.1) is 11.3 Å². The molecule has 1 heterocycles. The van der Waals surface area contributed by atoms with Crippen LogP contribution in [0.2, 0.25) is 0 Å². The van der Waals surface area contributed by atoms with Crippen LogP contribution in [-0.2, 0) is 0 Å². The SMILES string of the molecule is NC(=S)Nc1cccc(-c2ccccc2)c1C(=O)c1cc2ccccc2o1. The van der Waals surface area contributed by atoms with Gasteiger partial charge in [0.1, 0.15) is 5.58 Å². The number of carbonyl (C=O) groups is 1. The Morgan fingerprint density at radius 3 is 2.41 bits per heavy atom. The van der Waals surface area contributed by atoms with Crippen molar-refractivity contribution in [1.82, 2.24) is 0 Å². The van der Waals surface area contributed by atoms with Crippen molar-refractivity contribution in [3.8, 4) is 11.1 Å². The summed E-state index contributed by atoms with van der Waals surface area (Å²) in [5.74, 6) is 0.0370. The maximum absolute atomic E-state index is 13.4. The molecular formula is C22H16N2O2S. The van der Waals surface area contributed by atoms with Crippen LogP contribution in [-0.4, -0.2) is 10.9 Å². The second kappa shape index (κ2) is 7.05. The third kappa shape index (κ3) is 3.32. The van der Waals surface area contributed by atoms with Gasteiger partial charge in [0.2, 0.25) is 5.78 Å². The van der Waals surface area contributed by atoms with Crippen molar-refractivity contribution in [2.45, 2.75) is 0 Å². The summed E-state index contributed by atoms with van der Waals surface area (Å²) in [6.45, 7) is 0. The standard InChI is InChI=1S/C22H16N2O2S/c23-22(27)24-17-11-6-10-16(14-7-2-1-3-8-14)20(17)21(25)19-13-15-9-4-5-12-18(15)26-19/h1-13H,(H3,23,24,27). The zero-order valence-electron chi connectivity index (χ0n) is 14.3. The number of nitrogens with two attached hydrogens (primary N) is 1. The number of benzene rings is 3. The van der Waals surface area contributed by atoms with E-state index < -0.39 is 0 Å². The van der Waals surface area contributed by atoms with Gasteiger partial charge in [-0.1, -0.05) is 60.7 Å². The molecule has 0 aliphatic rings. The number of fused-ring (bicyclic) bond motifs is 1. The molecule has 4 rings (SSSR count). The highest BCUT2D eigenvalue weighted by atomic mass is 32.1. The molecule has 5 heteroatoms. The van der Waals surface area contributed by atoms with Crippen LogP contribution >= 0.6 is 12.2 Å². The number of hydrogen-bond acceptors (Lipinski definition) is 3. The van der Waals surface area contributed by atoms with Crippen molar-refractivity contribution < 1.29 is 9.21 Å². The van der Waals surface area contributed by atoms with E-state index in [2.05, 4.69) is 5.32 Å². The maximum atomic E-state index is 13.4. The first-order valence-corrected chi connectivity index (χ1v) is 8.82. The number of para-hydroxylation sites is 1. The van der Waals surface area contributed by atoms with Crippen LogP contribution in [0.5, 0.6) is 0 Å². The summed E-state index contributed by atoms with van der Waals surface area (Å²) < 4.78 is 5.79. The minimum absolute atomic E-state index is 0.0962. The van der Waals surface area contributed by atoms with Crippen molar-refractivity contribution in [3.63, 3.8) is 0 Å². The fourth-order valence-electron chi connectivity index (χ4n) is 3.11. The highest BCUT2D eigenvalue weighted by molar-refractivity contribution is 7.80. The molecule has 0 amide bonds. The average molecular weight is 372 g/mol. The predicted molar refractivity (Wildman–Crippen MR) is 112 cm³/mol. The first-order valence-electron chi connectivity index (χ1n) is 8.41. The van der Waals surface area contributed by atoms with E-state index in [1.54, 1.807) is 12.1 Å². The number of nitrogens with one attached hydrogen (secondary N) is 1. The van der Waals surface area contributed by atoms with E-state index in [9.17, 15) is 4.79 Å². The molecule has 132 valence electrons. The first kappa shape index (κ1) is 17.0. The van der Waals surface area contributed by atoms with E-state index in [1.165, 1.54) is 0 Å². The fourth-order valence-corrected chi connectivity index (χ4v) is 3.22. The lowest BCUT2D eigenvalue weighted by Crippen LogP contribution is -2.21. The van der Waals surface area contributed by atoms with Crippen LogP contribution in [0.4, 0.5) is 5.69 Å². The van der Waals surface area contributed by atoms with Crippen LogP contribution in [0.25, 0.3) is 22.1 Å².